The molecule has 0 aromatic heterocycles. The van der Waals surface area contributed by atoms with Crippen molar-refractivity contribution < 1.29 is 4.79 Å². The fourth-order valence-electron chi connectivity index (χ4n) is 3.53. The predicted octanol–water partition coefficient (Wildman–Crippen LogP) is 6.18. The highest BCUT2D eigenvalue weighted by Crippen LogP contribution is 2.53. The van der Waals surface area contributed by atoms with Crippen molar-refractivity contribution in [1.29, 1.82) is 0 Å². The van der Waals surface area contributed by atoms with Crippen LogP contribution >= 0.6 is 0 Å². The van der Waals surface area contributed by atoms with Crippen LogP contribution in [0.3, 0.4) is 0 Å². The van der Waals surface area contributed by atoms with Crippen LogP contribution in [0.1, 0.15) is 62.3 Å². The highest BCUT2D eigenvalue weighted by Gasteiger charge is 2.48. The summed E-state index contributed by atoms with van der Waals surface area (Å²) < 4.78 is 0. The molecule has 0 aromatic carbocycles. The van der Waals surface area contributed by atoms with Gasteiger partial charge in [-0.1, -0.05) is 82.0 Å². The van der Waals surface area contributed by atoms with Gasteiger partial charge in [0.1, 0.15) is 0 Å². The molecule has 22 heavy (non-hydrogen) atoms. The van der Waals surface area contributed by atoms with Gasteiger partial charge in [0.25, 0.3) is 0 Å². The lowest BCUT2D eigenvalue weighted by atomic mass is 9.70. The van der Waals surface area contributed by atoms with Crippen LogP contribution in [-0.4, -0.2) is 13.9 Å². The number of Topliss-reactive ketones (excluding diaryl/α,β-unsaturated/α-hetero) is 1. The molecule has 0 spiro atoms. The third-order valence-electron chi connectivity index (χ3n) is 4.20. The Morgan fingerprint density at radius 3 is 1.14 bits per heavy atom. The van der Waals surface area contributed by atoms with Crippen LogP contribution in [0.4, 0.5) is 0 Å². The van der Waals surface area contributed by atoms with Gasteiger partial charge in [0.05, 0.1) is 8.07 Å². The van der Waals surface area contributed by atoms with Crippen LogP contribution in [0.25, 0.3) is 0 Å². The molecule has 0 unspecified atom stereocenters. The molecule has 0 heterocycles. The molecular weight excluding hydrogens is 284 g/mol. The summed E-state index contributed by atoms with van der Waals surface area (Å²) in [5.74, 6) is 0.335. The van der Waals surface area contributed by atoms with Gasteiger partial charge in [-0.25, -0.2) is 0 Å². The molecule has 1 aliphatic carbocycles. The number of hydrogen-bond acceptors (Lipinski definition) is 1. The van der Waals surface area contributed by atoms with Gasteiger partial charge in [-0.15, -0.1) is 0 Å². The molecule has 0 aliphatic heterocycles. The topological polar surface area (TPSA) is 17.1 Å². The monoisotopic (exact) mass is 320 g/mol. The van der Waals surface area contributed by atoms with Crippen LogP contribution < -0.4 is 0 Å². The van der Waals surface area contributed by atoms with Crippen molar-refractivity contribution in [2.45, 2.75) is 82.0 Å². The van der Waals surface area contributed by atoms with E-state index in [0.29, 0.717) is 5.78 Å². The van der Waals surface area contributed by atoms with E-state index in [2.05, 4.69) is 82.0 Å². The molecule has 1 nitrogen and oxygen atoms in total. The van der Waals surface area contributed by atoms with Crippen molar-refractivity contribution in [3.63, 3.8) is 0 Å². The Bertz CT molecular complexity index is 496. The minimum absolute atomic E-state index is 0.000880. The Morgan fingerprint density at radius 1 is 0.591 bits per heavy atom. The summed E-state index contributed by atoms with van der Waals surface area (Å²) in [5.41, 5.74) is 3.59. The maximum atomic E-state index is 13.4. The second kappa shape index (κ2) is 5.19. The van der Waals surface area contributed by atoms with Crippen molar-refractivity contribution in [3.8, 4) is 0 Å². The van der Waals surface area contributed by atoms with Crippen molar-refractivity contribution in [2.75, 3.05) is 0 Å². The molecule has 0 saturated heterocycles. The lowest BCUT2D eigenvalue weighted by molar-refractivity contribution is -0.112. The van der Waals surface area contributed by atoms with Gasteiger partial charge in [-0.05, 0) is 32.6 Å². The fourth-order valence-corrected chi connectivity index (χ4v) is 5.59. The normalized spacial score (nSPS) is 18.6. The largest absolute Gasteiger partial charge is 0.290 e. The smallest absolute Gasteiger partial charge is 0.182 e. The van der Waals surface area contributed by atoms with E-state index in [4.69, 9.17) is 0 Å². The minimum Gasteiger partial charge on any atom is -0.290 e. The molecule has 0 radical (unpaired) electrons. The first-order valence-electron chi connectivity index (χ1n) is 8.45. The number of hydrogen-bond donors (Lipinski definition) is 0. The number of rotatable bonds is 1. The van der Waals surface area contributed by atoms with E-state index in [9.17, 15) is 4.79 Å². The van der Waals surface area contributed by atoms with Crippen molar-refractivity contribution >= 4 is 13.9 Å². The summed E-state index contributed by atoms with van der Waals surface area (Å²) in [6.07, 6.45) is 0. The molecule has 0 bridgehead atoms. The summed E-state index contributed by atoms with van der Waals surface area (Å²) >= 11 is 0. The Labute approximate surface area is 139 Å². The molecule has 1 aliphatic rings. The van der Waals surface area contributed by atoms with Crippen LogP contribution in [0.2, 0.25) is 19.6 Å². The first-order chi connectivity index (χ1) is 9.40. The summed E-state index contributed by atoms with van der Waals surface area (Å²) in [4.78, 5) is 13.4. The maximum absolute atomic E-state index is 13.4. The summed E-state index contributed by atoms with van der Waals surface area (Å²) in [5, 5.41) is 1.16. The molecule has 0 aromatic rings. The number of ketones is 1. The average molecular weight is 321 g/mol. The second-order valence-corrected chi connectivity index (χ2v) is 15.8. The average Bonchev–Trinajstić information content (AvgIpc) is 2.48. The SMILES string of the molecule is CC(C)(C)C1=C(C(C)(C)C)C(C(C)(C)C)=C([Si](C)(C)C)C1=O. The van der Waals surface area contributed by atoms with Crippen molar-refractivity contribution in [1.82, 2.24) is 0 Å². The Kier molecular flexibility index (Phi) is 4.58. The first kappa shape index (κ1) is 19.4. The van der Waals surface area contributed by atoms with E-state index in [-0.39, 0.29) is 16.2 Å². The third kappa shape index (κ3) is 3.47. The summed E-state index contributed by atoms with van der Waals surface area (Å²) in [6.45, 7) is 27.0. The Balaban J connectivity index is 3.94. The van der Waals surface area contributed by atoms with E-state index in [1.807, 2.05) is 0 Å². The van der Waals surface area contributed by atoms with Crippen LogP contribution in [0, 0.1) is 16.2 Å². The molecule has 126 valence electrons. The van der Waals surface area contributed by atoms with Crippen molar-refractivity contribution in [3.05, 3.63) is 21.9 Å². The number of carbonyl (C=O) groups is 1. The van der Waals surface area contributed by atoms with Gasteiger partial charge in [0.2, 0.25) is 0 Å². The lowest BCUT2D eigenvalue weighted by Crippen LogP contribution is -2.32. The quantitative estimate of drug-likeness (QED) is 0.527. The standard InChI is InChI=1S/C20H36OSi/c1-18(2,3)13-14(19(4,5)6)16(21)17(22(10,11)12)15(13)20(7,8)9/h1-12H3. The van der Waals surface area contributed by atoms with Gasteiger partial charge >= 0.3 is 0 Å². The van der Waals surface area contributed by atoms with Crippen molar-refractivity contribution in [2.24, 2.45) is 16.2 Å². The highest BCUT2D eigenvalue weighted by molar-refractivity contribution is 6.88. The molecular formula is C20H36OSi. The fraction of sp³-hybridized carbons (Fsp3) is 0.750. The predicted molar refractivity (Wildman–Crippen MR) is 101 cm³/mol. The van der Waals surface area contributed by atoms with Crippen LogP contribution in [0.15, 0.2) is 21.9 Å². The van der Waals surface area contributed by atoms with Crippen LogP contribution in [-0.2, 0) is 4.79 Å². The molecule has 0 N–H and O–H groups in total. The molecule has 0 fully saturated rings. The maximum Gasteiger partial charge on any atom is 0.182 e. The zero-order chi connectivity index (χ0) is 17.9. The van der Waals surface area contributed by atoms with E-state index >= 15 is 0 Å². The number of allylic oxidation sites excluding steroid dienone is 4. The highest BCUT2D eigenvalue weighted by atomic mass is 28.3. The van der Waals surface area contributed by atoms with Gasteiger partial charge < -0.3 is 0 Å². The number of carbonyl (C=O) groups excluding carboxylic acids is 1. The zero-order valence-corrected chi connectivity index (χ0v) is 17.9. The van der Waals surface area contributed by atoms with Crippen LogP contribution in [0.5, 0.6) is 0 Å². The van der Waals surface area contributed by atoms with E-state index < -0.39 is 8.07 Å². The van der Waals surface area contributed by atoms with Gasteiger partial charge in [0.15, 0.2) is 5.78 Å². The molecule has 2 heteroatoms. The van der Waals surface area contributed by atoms with E-state index in [1.165, 1.54) is 11.1 Å². The summed E-state index contributed by atoms with van der Waals surface area (Å²) in [7, 11) is -1.71. The van der Waals surface area contributed by atoms with Gasteiger partial charge in [-0.3, -0.25) is 4.79 Å². The molecule has 0 atom stereocenters. The van der Waals surface area contributed by atoms with Gasteiger partial charge in [-0.2, -0.15) is 0 Å². The molecule has 1 rings (SSSR count). The minimum atomic E-state index is -1.71. The lowest BCUT2D eigenvalue weighted by Gasteiger charge is -2.35. The summed E-state index contributed by atoms with van der Waals surface area (Å²) in [6, 6.07) is 0. The molecule has 0 saturated carbocycles. The first-order valence-corrected chi connectivity index (χ1v) is 12.0. The third-order valence-corrected chi connectivity index (χ3v) is 6.18. The van der Waals surface area contributed by atoms with E-state index in [0.717, 1.165) is 10.8 Å². The van der Waals surface area contributed by atoms with E-state index in [1.54, 1.807) is 0 Å². The molecule has 0 amide bonds. The Hall–Kier alpha value is -0.633. The zero-order valence-electron chi connectivity index (χ0n) is 16.9. The second-order valence-electron chi connectivity index (χ2n) is 10.8. The van der Waals surface area contributed by atoms with Gasteiger partial charge in [0, 0.05) is 5.57 Å². The Morgan fingerprint density at radius 2 is 0.909 bits per heavy atom.